The Morgan fingerprint density at radius 1 is 1.28 bits per heavy atom. The van der Waals surface area contributed by atoms with E-state index in [9.17, 15) is 13.2 Å². The molecule has 1 aromatic carbocycles. The van der Waals surface area contributed by atoms with Crippen molar-refractivity contribution < 1.29 is 17.9 Å². The summed E-state index contributed by atoms with van der Waals surface area (Å²) in [6.45, 7) is 4.74. The van der Waals surface area contributed by atoms with Gasteiger partial charge in [0.1, 0.15) is 0 Å². The molecular weight excluding hydrogens is 256 g/mol. The van der Waals surface area contributed by atoms with Crippen molar-refractivity contribution >= 4 is 21.6 Å². The molecule has 0 saturated carbocycles. The van der Waals surface area contributed by atoms with Gasteiger partial charge < -0.3 is 10.1 Å². The Kier molecular flexibility index (Phi) is 4.33. The Balaban J connectivity index is 2.90. The van der Waals surface area contributed by atoms with Gasteiger partial charge in [0.2, 0.25) is 5.91 Å². The zero-order chi connectivity index (χ0) is 13.8. The molecule has 1 amide bonds. The van der Waals surface area contributed by atoms with E-state index in [1.807, 2.05) is 0 Å². The molecule has 1 rings (SSSR count). The minimum atomic E-state index is -3.70. The maximum atomic E-state index is 11.8. The summed E-state index contributed by atoms with van der Waals surface area (Å²) in [4.78, 5) is 10.9. The number of sulfonamides is 1. The third-order valence-corrected chi connectivity index (χ3v) is 3.37. The van der Waals surface area contributed by atoms with Gasteiger partial charge in [0.15, 0.2) is 5.88 Å². The molecule has 0 fully saturated rings. The van der Waals surface area contributed by atoms with E-state index in [1.165, 1.54) is 38.3 Å². The van der Waals surface area contributed by atoms with E-state index in [4.69, 9.17) is 0 Å². The number of rotatable bonds is 5. The first-order valence-corrected chi connectivity index (χ1v) is 6.47. The first-order valence-electron chi connectivity index (χ1n) is 4.98. The quantitative estimate of drug-likeness (QED) is 0.783. The first-order chi connectivity index (χ1) is 8.35. The number of amides is 1. The van der Waals surface area contributed by atoms with E-state index in [-0.39, 0.29) is 16.7 Å². The van der Waals surface area contributed by atoms with Gasteiger partial charge in [-0.3, -0.25) is 9.52 Å². The summed E-state index contributed by atoms with van der Waals surface area (Å²) in [7, 11) is -2.39. The molecule has 18 heavy (non-hydrogen) atoms. The fourth-order valence-electron chi connectivity index (χ4n) is 1.17. The van der Waals surface area contributed by atoms with Crippen LogP contribution in [0.25, 0.3) is 0 Å². The van der Waals surface area contributed by atoms with Crippen molar-refractivity contribution in [1.29, 1.82) is 0 Å². The van der Waals surface area contributed by atoms with Crippen LogP contribution in [-0.2, 0) is 19.6 Å². The van der Waals surface area contributed by atoms with Crippen LogP contribution in [0.15, 0.2) is 41.6 Å². The number of carbonyl (C=O) groups excluding carboxylic acids is 1. The standard InChI is InChI=1S/C11H14N2O4S/c1-8(14)12-10-4-6-11(7-5-10)18(15,16)13-9(2)17-3/h4-7,13H,2H2,1,3H3,(H,12,14). The average Bonchev–Trinajstić information content (AvgIpc) is 2.28. The first kappa shape index (κ1) is 14.0. The lowest BCUT2D eigenvalue weighted by atomic mass is 10.3. The molecule has 0 aliphatic rings. The van der Waals surface area contributed by atoms with Gasteiger partial charge >= 0.3 is 0 Å². The molecule has 7 heteroatoms. The minimum Gasteiger partial charge on any atom is -0.482 e. The van der Waals surface area contributed by atoms with Gasteiger partial charge in [-0.1, -0.05) is 0 Å². The van der Waals surface area contributed by atoms with Crippen molar-refractivity contribution in [2.45, 2.75) is 11.8 Å². The molecular formula is C11H14N2O4S. The van der Waals surface area contributed by atoms with Crippen LogP contribution < -0.4 is 10.0 Å². The molecule has 0 aliphatic carbocycles. The van der Waals surface area contributed by atoms with Crippen molar-refractivity contribution in [1.82, 2.24) is 4.72 Å². The molecule has 0 atom stereocenters. The van der Waals surface area contributed by atoms with Crippen LogP contribution in [0, 0.1) is 0 Å². The van der Waals surface area contributed by atoms with E-state index in [0.717, 1.165) is 0 Å². The lowest BCUT2D eigenvalue weighted by Gasteiger charge is -2.09. The summed E-state index contributed by atoms with van der Waals surface area (Å²) in [5.74, 6) is -0.294. The highest BCUT2D eigenvalue weighted by Gasteiger charge is 2.14. The maximum absolute atomic E-state index is 11.8. The predicted octanol–water partition coefficient (Wildman–Crippen LogP) is 1.04. The van der Waals surface area contributed by atoms with Crippen molar-refractivity contribution in [2.24, 2.45) is 0 Å². The van der Waals surface area contributed by atoms with E-state index in [1.54, 1.807) is 0 Å². The second kappa shape index (κ2) is 5.54. The monoisotopic (exact) mass is 270 g/mol. The lowest BCUT2D eigenvalue weighted by molar-refractivity contribution is -0.114. The molecule has 0 saturated heterocycles. The van der Waals surface area contributed by atoms with Gasteiger partial charge in [-0.25, -0.2) is 8.42 Å². The van der Waals surface area contributed by atoms with Crippen molar-refractivity contribution in [3.05, 3.63) is 36.7 Å². The normalized spacial score (nSPS) is 10.6. The van der Waals surface area contributed by atoms with Gasteiger partial charge in [-0.15, -0.1) is 0 Å². The third kappa shape index (κ3) is 3.77. The SMILES string of the molecule is C=C(NS(=O)(=O)c1ccc(NC(C)=O)cc1)OC. The third-order valence-electron chi connectivity index (χ3n) is 1.98. The van der Waals surface area contributed by atoms with Crippen molar-refractivity contribution in [3.63, 3.8) is 0 Å². The molecule has 98 valence electrons. The number of carbonyl (C=O) groups is 1. The largest absolute Gasteiger partial charge is 0.482 e. The van der Waals surface area contributed by atoms with E-state index in [2.05, 4.69) is 21.4 Å². The zero-order valence-corrected chi connectivity index (χ0v) is 10.9. The summed E-state index contributed by atoms with van der Waals surface area (Å²) < 4.78 is 30.4. The number of benzene rings is 1. The van der Waals surface area contributed by atoms with Crippen LogP contribution in [-0.4, -0.2) is 21.4 Å². The van der Waals surface area contributed by atoms with Crippen LogP contribution in [0.5, 0.6) is 0 Å². The Bertz CT molecular complexity index is 549. The molecule has 0 heterocycles. The number of hydrogen-bond acceptors (Lipinski definition) is 4. The fourth-order valence-corrected chi connectivity index (χ4v) is 2.17. The topological polar surface area (TPSA) is 84.5 Å². The number of anilines is 1. The number of nitrogens with one attached hydrogen (secondary N) is 2. The smallest absolute Gasteiger partial charge is 0.264 e. The number of methoxy groups -OCH3 is 1. The molecule has 1 aromatic rings. The number of ether oxygens (including phenoxy) is 1. The average molecular weight is 270 g/mol. The van der Waals surface area contributed by atoms with Crippen LogP contribution in [0.4, 0.5) is 5.69 Å². The summed E-state index contributed by atoms with van der Waals surface area (Å²) in [6.07, 6.45) is 0. The van der Waals surface area contributed by atoms with Gasteiger partial charge in [0, 0.05) is 12.6 Å². The van der Waals surface area contributed by atoms with Gasteiger partial charge in [-0.05, 0) is 30.8 Å². The molecule has 0 spiro atoms. The highest BCUT2D eigenvalue weighted by molar-refractivity contribution is 7.89. The summed E-state index contributed by atoms with van der Waals surface area (Å²) in [5, 5.41) is 2.54. The van der Waals surface area contributed by atoms with Gasteiger partial charge in [0.25, 0.3) is 10.0 Å². The predicted molar refractivity (Wildman–Crippen MR) is 67.2 cm³/mol. The van der Waals surface area contributed by atoms with Crippen molar-refractivity contribution in [2.75, 3.05) is 12.4 Å². The minimum absolute atomic E-state index is 0.0507. The molecule has 6 nitrogen and oxygen atoms in total. The highest BCUT2D eigenvalue weighted by atomic mass is 32.2. The summed E-state index contributed by atoms with van der Waals surface area (Å²) >= 11 is 0. The molecule has 0 unspecified atom stereocenters. The fraction of sp³-hybridized carbons (Fsp3) is 0.182. The maximum Gasteiger partial charge on any atom is 0.264 e. The molecule has 0 aliphatic heterocycles. The second-order valence-electron chi connectivity index (χ2n) is 3.44. The van der Waals surface area contributed by atoms with E-state index in [0.29, 0.717) is 5.69 Å². The van der Waals surface area contributed by atoms with Crippen LogP contribution in [0.3, 0.4) is 0 Å². The zero-order valence-electron chi connectivity index (χ0n) is 10.1. The Morgan fingerprint density at radius 2 is 1.83 bits per heavy atom. The van der Waals surface area contributed by atoms with Crippen LogP contribution in [0.1, 0.15) is 6.92 Å². The van der Waals surface area contributed by atoms with Crippen molar-refractivity contribution in [3.8, 4) is 0 Å². The molecule has 2 N–H and O–H groups in total. The molecule has 0 radical (unpaired) electrons. The van der Waals surface area contributed by atoms with Gasteiger partial charge in [0.05, 0.1) is 12.0 Å². The Labute approximate surface area is 106 Å². The Hall–Kier alpha value is -2.02. The van der Waals surface area contributed by atoms with E-state index >= 15 is 0 Å². The molecule has 0 aromatic heterocycles. The van der Waals surface area contributed by atoms with Crippen LogP contribution in [0.2, 0.25) is 0 Å². The number of hydrogen-bond donors (Lipinski definition) is 2. The summed E-state index contributed by atoms with van der Waals surface area (Å²) in [6, 6.07) is 5.73. The van der Waals surface area contributed by atoms with Gasteiger partial charge in [-0.2, -0.15) is 0 Å². The lowest BCUT2D eigenvalue weighted by Crippen LogP contribution is -2.23. The van der Waals surface area contributed by atoms with E-state index < -0.39 is 10.0 Å². The molecule has 0 bridgehead atoms. The highest BCUT2D eigenvalue weighted by Crippen LogP contribution is 2.14. The Morgan fingerprint density at radius 3 is 2.28 bits per heavy atom. The second-order valence-corrected chi connectivity index (χ2v) is 5.12. The summed E-state index contributed by atoms with van der Waals surface area (Å²) in [5.41, 5.74) is 0.520. The van der Waals surface area contributed by atoms with Crippen LogP contribution >= 0.6 is 0 Å².